The summed E-state index contributed by atoms with van der Waals surface area (Å²) >= 11 is 1.34. The molecule has 0 aromatic carbocycles. The van der Waals surface area contributed by atoms with Gasteiger partial charge in [0.2, 0.25) is 0 Å². The van der Waals surface area contributed by atoms with E-state index >= 15 is 0 Å². The van der Waals surface area contributed by atoms with Gasteiger partial charge in [-0.15, -0.1) is 0 Å². The van der Waals surface area contributed by atoms with Crippen LogP contribution in [0.25, 0.3) is 0 Å². The van der Waals surface area contributed by atoms with Crippen LogP contribution in [0.5, 0.6) is 0 Å². The number of hydrogen-bond acceptors (Lipinski definition) is 3. The predicted octanol–water partition coefficient (Wildman–Crippen LogP) is -1.48. The molecular weight excluding hydrogens is 138 g/mol. The van der Waals surface area contributed by atoms with E-state index in [1.807, 2.05) is 0 Å². The van der Waals surface area contributed by atoms with Gasteiger partial charge >= 0.3 is 0 Å². The second-order valence-corrected chi connectivity index (χ2v) is 2.95. The molecule has 0 atom stereocenters. The summed E-state index contributed by atoms with van der Waals surface area (Å²) in [7, 11) is 1.76. The fraction of sp³-hybridized carbons (Fsp3) is 0.600. The highest BCUT2D eigenvalue weighted by atomic mass is 32.2. The van der Waals surface area contributed by atoms with Crippen LogP contribution in [0.2, 0.25) is 0 Å². The topological polar surface area (TPSA) is 43.1 Å². The maximum atomic E-state index is 10.2. The number of carbonyl (C=O) groups is 1. The first-order valence-corrected chi connectivity index (χ1v) is 3.62. The lowest BCUT2D eigenvalue weighted by Crippen LogP contribution is -2.32. The van der Waals surface area contributed by atoms with Gasteiger partial charge < -0.3 is 9.90 Å². The highest BCUT2D eigenvalue weighted by Gasteiger charge is 2.19. The van der Waals surface area contributed by atoms with Crippen molar-refractivity contribution in [3.63, 3.8) is 0 Å². The van der Waals surface area contributed by atoms with E-state index < -0.39 is 5.97 Å². The molecule has 50 valence electrons. The van der Waals surface area contributed by atoms with Crippen LogP contribution >= 0.6 is 11.8 Å². The molecule has 0 unspecified atom stereocenters. The van der Waals surface area contributed by atoms with Crippen LogP contribution in [0.3, 0.4) is 0 Å². The van der Waals surface area contributed by atoms with Gasteiger partial charge in [0, 0.05) is 0 Å². The van der Waals surface area contributed by atoms with Crippen LogP contribution in [-0.2, 0) is 4.79 Å². The monoisotopic (exact) mass is 145 g/mol. The van der Waals surface area contributed by atoms with Gasteiger partial charge in [0.25, 0.3) is 5.04 Å². The first-order chi connectivity index (χ1) is 4.22. The Morgan fingerprint density at radius 3 is 2.78 bits per heavy atom. The van der Waals surface area contributed by atoms with Crippen molar-refractivity contribution in [1.82, 2.24) is 0 Å². The van der Waals surface area contributed by atoms with Crippen LogP contribution in [0.1, 0.15) is 0 Å². The number of carboxylic acid groups (broad SMARTS) is 1. The molecule has 0 spiro atoms. The van der Waals surface area contributed by atoms with E-state index in [1.54, 1.807) is 11.6 Å². The largest absolute Gasteiger partial charge is 0.539 e. The van der Waals surface area contributed by atoms with Gasteiger partial charge in [-0.25, -0.2) is 4.58 Å². The average Bonchev–Trinajstić information content (AvgIpc) is 2.13. The Hall–Kier alpha value is -0.510. The molecule has 0 aromatic heterocycles. The van der Waals surface area contributed by atoms with Crippen molar-refractivity contribution in [2.24, 2.45) is 0 Å². The molecule has 0 saturated heterocycles. The molecule has 4 heteroatoms. The summed E-state index contributed by atoms with van der Waals surface area (Å²) in [6, 6.07) is 0. The quantitative estimate of drug-likeness (QED) is 0.423. The fourth-order valence-corrected chi connectivity index (χ4v) is 1.69. The molecule has 0 aromatic rings. The molecule has 0 radical (unpaired) electrons. The zero-order valence-electron chi connectivity index (χ0n) is 5.09. The van der Waals surface area contributed by atoms with Gasteiger partial charge in [-0.05, 0) is 11.8 Å². The molecule has 0 bridgehead atoms. The standard InChI is InChI=1S/C5H7NO2S/c1-6-2-3-9-4(6)5(7)8/h2-3H2,1H3. The second-order valence-electron chi connectivity index (χ2n) is 1.86. The molecule has 0 amide bonds. The summed E-state index contributed by atoms with van der Waals surface area (Å²) < 4.78 is 1.69. The first-order valence-electron chi connectivity index (χ1n) is 2.64. The number of carboxylic acids is 1. The second kappa shape index (κ2) is 2.39. The van der Waals surface area contributed by atoms with Gasteiger partial charge in [-0.1, -0.05) is 0 Å². The van der Waals surface area contributed by atoms with Gasteiger partial charge in [0.05, 0.1) is 5.75 Å². The minimum absolute atomic E-state index is 0.356. The Labute approximate surface area is 57.4 Å². The van der Waals surface area contributed by atoms with E-state index in [0.717, 1.165) is 12.3 Å². The van der Waals surface area contributed by atoms with Crippen LogP contribution in [0, 0.1) is 0 Å². The molecule has 0 N–H and O–H groups in total. The van der Waals surface area contributed by atoms with E-state index in [4.69, 9.17) is 0 Å². The third-order valence-electron chi connectivity index (χ3n) is 1.19. The highest BCUT2D eigenvalue weighted by molar-refractivity contribution is 8.15. The molecule has 3 nitrogen and oxygen atoms in total. The van der Waals surface area contributed by atoms with Crippen LogP contribution in [0.4, 0.5) is 0 Å². The number of rotatable bonds is 1. The maximum Gasteiger partial charge on any atom is 0.257 e. The van der Waals surface area contributed by atoms with Gasteiger partial charge in [0.15, 0.2) is 6.54 Å². The van der Waals surface area contributed by atoms with Crippen LogP contribution in [-0.4, -0.2) is 34.9 Å². The van der Waals surface area contributed by atoms with Crippen LogP contribution in [0.15, 0.2) is 0 Å². The first kappa shape index (κ1) is 6.61. The number of nitrogens with zero attached hydrogens (tertiary/aromatic N) is 1. The molecule has 0 fully saturated rings. The minimum atomic E-state index is -1.06. The lowest BCUT2D eigenvalue weighted by atomic mass is 10.6. The van der Waals surface area contributed by atoms with Gasteiger partial charge in [0.1, 0.15) is 13.0 Å². The molecule has 1 heterocycles. The zero-order chi connectivity index (χ0) is 6.85. The van der Waals surface area contributed by atoms with E-state index in [1.165, 1.54) is 11.8 Å². The Morgan fingerprint density at radius 1 is 1.89 bits per heavy atom. The van der Waals surface area contributed by atoms with Crippen molar-refractivity contribution in [1.29, 1.82) is 0 Å². The Balaban J connectivity index is 2.78. The number of aliphatic carboxylic acids is 1. The molecule has 1 rings (SSSR count). The van der Waals surface area contributed by atoms with E-state index in [-0.39, 0.29) is 0 Å². The van der Waals surface area contributed by atoms with E-state index in [9.17, 15) is 9.90 Å². The lowest BCUT2D eigenvalue weighted by molar-refractivity contribution is -0.487. The molecule has 0 saturated carbocycles. The predicted molar refractivity (Wildman–Crippen MR) is 33.5 cm³/mol. The summed E-state index contributed by atoms with van der Waals surface area (Å²) in [5.74, 6) is -0.195. The molecular formula is C5H7NO2S. The summed E-state index contributed by atoms with van der Waals surface area (Å²) in [6.45, 7) is 0.813. The molecule has 0 aliphatic carbocycles. The third-order valence-corrected chi connectivity index (χ3v) is 2.33. The van der Waals surface area contributed by atoms with E-state index in [0.29, 0.717) is 5.04 Å². The number of carbonyl (C=O) groups excluding carboxylic acids is 1. The summed E-state index contributed by atoms with van der Waals surface area (Å²) in [5, 5.41) is 10.6. The molecule has 1 aliphatic heterocycles. The van der Waals surface area contributed by atoms with Crippen molar-refractivity contribution < 1.29 is 14.5 Å². The summed E-state index contributed by atoms with van der Waals surface area (Å²) in [6.07, 6.45) is 0. The number of thioether (sulfide) groups is 1. The van der Waals surface area contributed by atoms with Crippen molar-refractivity contribution in [3.8, 4) is 0 Å². The van der Waals surface area contributed by atoms with Gasteiger partial charge in [-0.3, -0.25) is 0 Å². The van der Waals surface area contributed by atoms with Crippen molar-refractivity contribution in [3.05, 3.63) is 0 Å². The zero-order valence-corrected chi connectivity index (χ0v) is 5.90. The van der Waals surface area contributed by atoms with Crippen LogP contribution < -0.4 is 5.11 Å². The van der Waals surface area contributed by atoms with Gasteiger partial charge in [-0.2, -0.15) is 0 Å². The Morgan fingerprint density at radius 2 is 2.56 bits per heavy atom. The van der Waals surface area contributed by atoms with Crippen molar-refractivity contribution in [2.75, 3.05) is 19.3 Å². The number of hydrogen-bond donors (Lipinski definition) is 0. The smallest absolute Gasteiger partial charge is 0.257 e. The van der Waals surface area contributed by atoms with Crippen molar-refractivity contribution >= 4 is 22.8 Å². The molecule has 9 heavy (non-hydrogen) atoms. The average molecular weight is 145 g/mol. The third kappa shape index (κ3) is 1.24. The van der Waals surface area contributed by atoms with E-state index in [2.05, 4.69) is 0 Å². The lowest BCUT2D eigenvalue weighted by Gasteiger charge is -1.94. The highest BCUT2D eigenvalue weighted by Crippen LogP contribution is 2.08. The Bertz CT molecular complexity index is 176. The summed E-state index contributed by atoms with van der Waals surface area (Å²) in [4.78, 5) is 10.2. The molecule has 1 aliphatic rings. The summed E-state index contributed by atoms with van der Waals surface area (Å²) in [5.41, 5.74) is 0. The SMILES string of the molecule is C[N+]1=C(C(=O)[O-])SCC1. The Kier molecular flexibility index (Phi) is 1.75. The maximum absolute atomic E-state index is 10.2. The fourth-order valence-electron chi connectivity index (χ4n) is 0.706. The van der Waals surface area contributed by atoms with Crippen molar-refractivity contribution in [2.45, 2.75) is 0 Å². The minimum Gasteiger partial charge on any atom is -0.539 e. The normalized spacial score (nSPS) is 18.8.